The number of anilines is 2. The van der Waals surface area contributed by atoms with Gasteiger partial charge in [-0.3, -0.25) is 0 Å². The van der Waals surface area contributed by atoms with Crippen LogP contribution in [0, 0.1) is 0 Å². The first-order chi connectivity index (χ1) is 8.98. The number of nitrogens with one attached hydrogen (secondary N) is 2. The van der Waals surface area contributed by atoms with Crippen LogP contribution < -0.4 is 10.6 Å². The fraction of sp³-hybridized carbons (Fsp3) is 0.692. The molecule has 19 heavy (non-hydrogen) atoms. The average molecular weight is 331 g/mol. The lowest BCUT2D eigenvalue weighted by molar-refractivity contribution is 0.000632. The van der Waals surface area contributed by atoms with Crippen LogP contribution in [0.1, 0.15) is 34.1 Å². The SMILES string of the molecule is CCCNc1ncc(Br)c(NCC(C)(C)OCC)n1. The molecule has 0 saturated heterocycles. The van der Waals surface area contributed by atoms with E-state index < -0.39 is 0 Å². The third-order valence-electron chi connectivity index (χ3n) is 2.49. The maximum absolute atomic E-state index is 5.65. The third-order valence-corrected chi connectivity index (χ3v) is 3.07. The Morgan fingerprint density at radius 2 is 2.05 bits per heavy atom. The zero-order valence-electron chi connectivity index (χ0n) is 12.1. The molecule has 0 bridgehead atoms. The second kappa shape index (κ2) is 7.65. The Bertz CT molecular complexity index is 398. The highest BCUT2D eigenvalue weighted by Crippen LogP contribution is 2.21. The highest BCUT2D eigenvalue weighted by molar-refractivity contribution is 9.10. The first kappa shape index (κ1) is 16.2. The number of hydrogen-bond acceptors (Lipinski definition) is 5. The van der Waals surface area contributed by atoms with Gasteiger partial charge in [-0.15, -0.1) is 0 Å². The summed E-state index contributed by atoms with van der Waals surface area (Å²) in [7, 11) is 0. The van der Waals surface area contributed by atoms with Gasteiger partial charge in [0.15, 0.2) is 0 Å². The Morgan fingerprint density at radius 3 is 2.68 bits per heavy atom. The molecule has 0 unspecified atom stereocenters. The first-order valence-corrected chi connectivity index (χ1v) is 7.42. The van der Waals surface area contributed by atoms with Crippen LogP contribution in [0.3, 0.4) is 0 Å². The van der Waals surface area contributed by atoms with Crippen molar-refractivity contribution in [2.75, 3.05) is 30.3 Å². The number of halogens is 1. The van der Waals surface area contributed by atoms with Crippen LogP contribution in [0.15, 0.2) is 10.7 Å². The van der Waals surface area contributed by atoms with Gasteiger partial charge in [0.05, 0.1) is 10.1 Å². The molecule has 0 fully saturated rings. The molecule has 0 saturated carbocycles. The minimum absolute atomic E-state index is 0.226. The van der Waals surface area contributed by atoms with Crippen molar-refractivity contribution in [2.45, 2.75) is 39.7 Å². The molecule has 0 aliphatic carbocycles. The van der Waals surface area contributed by atoms with Gasteiger partial charge in [-0.2, -0.15) is 4.98 Å². The van der Waals surface area contributed by atoms with Crippen LogP contribution in [0.25, 0.3) is 0 Å². The quantitative estimate of drug-likeness (QED) is 0.765. The molecular formula is C13H23BrN4O. The fourth-order valence-corrected chi connectivity index (χ4v) is 1.88. The normalized spacial score (nSPS) is 11.4. The van der Waals surface area contributed by atoms with Crippen molar-refractivity contribution in [1.82, 2.24) is 9.97 Å². The molecular weight excluding hydrogens is 308 g/mol. The molecule has 0 radical (unpaired) electrons. The number of hydrogen-bond donors (Lipinski definition) is 2. The van der Waals surface area contributed by atoms with Crippen LogP contribution in [-0.4, -0.2) is 35.3 Å². The van der Waals surface area contributed by atoms with Crippen LogP contribution >= 0.6 is 15.9 Å². The summed E-state index contributed by atoms with van der Waals surface area (Å²) in [6.07, 6.45) is 2.79. The molecule has 5 nitrogen and oxygen atoms in total. The minimum atomic E-state index is -0.226. The maximum Gasteiger partial charge on any atom is 0.224 e. The lowest BCUT2D eigenvalue weighted by Gasteiger charge is -2.25. The van der Waals surface area contributed by atoms with Crippen LogP contribution in [-0.2, 0) is 4.74 Å². The maximum atomic E-state index is 5.65. The van der Waals surface area contributed by atoms with E-state index in [0.717, 1.165) is 23.3 Å². The molecule has 108 valence electrons. The summed E-state index contributed by atoms with van der Waals surface area (Å²) < 4.78 is 6.50. The number of aromatic nitrogens is 2. The van der Waals surface area contributed by atoms with Gasteiger partial charge < -0.3 is 15.4 Å². The summed E-state index contributed by atoms with van der Waals surface area (Å²) in [5.74, 6) is 1.42. The van der Waals surface area contributed by atoms with Crippen molar-refractivity contribution < 1.29 is 4.74 Å². The Hall–Kier alpha value is -0.880. The van der Waals surface area contributed by atoms with Gasteiger partial charge in [0.1, 0.15) is 5.82 Å². The van der Waals surface area contributed by atoms with E-state index in [1.165, 1.54) is 0 Å². The molecule has 0 aromatic carbocycles. The topological polar surface area (TPSA) is 59.1 Å². The van der Waals surface area contributed by atoms with E-state index in [0.29, 0.717) is 19.1 Å². The van der Waals surface area contributed by atoms with Crippen molar-refractivity contribution in [3.63, 3.8) is 0 Å². The smallest absolute Gasteiger partial charge is 0.224 e. The number of rotatable bonds is 8. The second-order valence-electron chi connectivity index (χ2n) is 4.86. The second-order valence-corrected chi connectivity index (χ2v) is 5.72. The largest absolute Gasteiger partial charge is 0.374 e. The van der Waals surface area contributed by atoms with Gasteiger partial charge in [0.2, 0.25) is 5.95 Å². The standard InChI is InChI=1S/C13H23BrN4O/c1-5-7-15-12-16-8-10(14)11(18-12)17-9-13(3,4)19-6-2/h8H,5-7,9H2,1-4H3,(H2,15,16,17,18). The monoisotopic (exact) mass is 330 g/mol. The Labute approximate surface area is 123 Å². The molecule has 0 atom stereocenters. The summed E-state index contributed by atoms with van der Waals surface area (Å²) in [5.41, 5.74) is -0.226. The Balaban J connectivity index is 2.66. The van der Waals surface area contributed by atoms with Crippen LogP contribution in [0.4, 0.5) is 11.8 Å². The van der Waals surface area contributed by atoms with Crippen molar-refractivity contribution in [3.8, 4) is 0 Å². The highest BCUT2D eigenvalue weighted by Gasteiger charge is 2.18. The van der Waals surface area contributed by atoms with E-state index in [2.05, 4.69) is 57.3 Å². The predicted octanol–water partition coefficient (Wildman–Crippen LogP) is 3.29. The van der Waals surface area contributed by atoms with E-state index in [4.69, 9.17) is 4.74 Å². The summed E-state index contributed by atoms with van der Waals surface area (Å²) in [4.78, 5) is 8.65. The van der Waals surface area contributed by atoms with E-state index in [1.54, 1.807) is 6.20 Å². The van der Waals surface area contributed by atoms with Gasteiger partial charge >= 0.3 is 0 Å². The summed E-state index contributed by atoms with van der Waals surface area (Å²) in [6, 6.07) is 0. The van der Waals surface area contributed by atoms with Gasteiger partial charge in [0, 0.05) is 25.9 Å². The fourth-order valence-electron chi connectivity index (χ4n) is 1.55. The third kappa shape index (κ3) is 5.74. The van der Waals surface area contributed by atoms with Crippen molar-refractivity contribution in [1.29, 1.82) is 0 Å². The molecule has 0 amide bonds. The van der Waals surface area contributed by atoms with E-state index >= 15 is 0 Å². The highest BCUT2D eigenvalue weighted by atomic mass is 79.9. The van der Waals surface area contributed by atoms with Crippen molar-refractivity contribution in [3.05, 3.63) is 10.7 Å². The molecule has 1 aromatic rings. The summed E-state index contributed by atoms with van der Waals surface area (Å²) in [6.45, 7) is 10.5. The zero-order valence-corrected chi connectivity index (χ0v) is 13.7. The number of ether oxygens (including phenoxy) is 1. The molecule has 1 rings (SSSR count). The van der Waals surface area contributed by atoms with E-state index in [9.17, 15) is 0 Å². The van der Waals surface area contributed by atoms with Gasteiger partial charge in [-0.25, -0.2) is 4.98 Å². The van der Waals surface area contributed by atoms with E-state index in [1.807, 2.05) is 6.92 Å². The molecule has 0 aliphatic rings. The molecule has 1 aromatic heterocycles. The molecule has 1 heterocycles. The summed E-state index contributed by atoms with van der Waals surface area (Å²) in [5, 5.41) is 6.46. The Morgan fingerprint density at radius 1 is 1.32 bits per heavy atom. The summed E-state index contributed by atoms with van der Waals surface area (Å²) >= 11 is 3.45. The van der Waals surface area contributed by atoms with Gasteiger partial charge in [-0.05, 0) is 43.1 Å². The average Bonchev–Trinajstić information content (AvgIpc) is 2.36. The number of nitrogens with zero attached hydrogens (tertiary/aromatic N) is 2. The Kier molecular flexibility index (Phi) is 6.51. The van der Waals surface area contributed by atoms with Crippen molar-refractivity contribution >= 4 is 27.7 Å². The lowest BCUT2D eigenvalue weighted by Crippen LogP contribution is -2.33. The molecule has 2 N–H and O–H groups in total. The minimum Gasteiger partial charge on any atom is -0.374 e. The molecule has 6 heteroatoms. The molecule has 0 spiro atoms. The van der Waals surface area contributed by atoms with Gasteiger partial charge in [0.25, 0.3) is 0 Å². The van der Waals surface area contributed by atoms with Crippen LogP contribution in [0.2, 0.25) is 0 Å². The van der Waals surface area contributed by atoms with Gasteiger partial charge in [-0.1, -0.05) is 6.92 Å². The zero-order chi connectivity index (χ0) is 14.3. The molecule has 0 aliphatic heterocycles. The first-order valence-electron chi connectivity index (χ1n) is 6.62. The van der Waals surface area contributed by atoms with Crippen LogP contribution in [0.5, 0.6) is 0 Å². The lowest BCUT2D eigenvalue weighted by atomic mass is 10.1. The van der Waals surface area contributed by atoms with E-state index in [-0.39, 0.29) is 5.60 Å². The van der Waals surface area contributed by atoms with Crippen molar-refractivity contribution in [2.24, 2.45) is 0 Å². The predicted molar refractivity (Wildman–Crippen MR) is 82.7 cm³/mol.